The Hall–Kier alpha value is -1.46. The van der Waals surface area contributed by atoms with Crippen LogP contribution in [-0.4, -0.2) is 29.6 Å². The molecule has 0 aliphatic heterocycles. The van der Waals surface area contributed by atoms with E-state index in [1.54, 1.807) is 25.1 Å². The highest BCUT2D eigenvalue weighted by atomic mass is 35.5. The monoisotopic (exact) mass is 347 g/mol. The Balaban J connectivity index is 2.28. The van der Waals surface area contributed by atoms with E-state index < -0.39 is 12.1 Å². The number of ether oxygens (including phenoxy) is 1. The number of hydrogen-bond acceptors (Lipinski definition) is 3. The third-order valence-corrected chi connectivity index (χ3v) is 3.46. The van der Waals surface area contributed by atoms with Gasteiger partial charge in [0, 0.05) is 18.0 Å². The van der Waals surface area contributed by atoms with Crippen molar-refractivity contribution in [2.75, 3.05) is 6.54 Å². The molecule has 5 nitrogen and oxygen atoms in total. The fraction of sp³-hybridized carbons (Fsp3) is 0.467. The van der Waals surface area contributed by atoms with Crippen LogP contribution in [0.2, 0.25) is 10.0 Å². The van der Waals surface area contributed by atoms with Gasteiger partial charge in [0.2, 0.25) is 0 Å². The van der Waals surface area contributed by atoms with E-state index in [4.69, 9.17) is 33.0 Å². The van der Waals surface area contributed by atoms with Crippen LogP contribution in [0.4, 0.5) is 0 Å². The van der Waals surface area contributed by atoms with Gasteiger partial charge >= 0.3 is 5.97 Å². The summed E-state index contributed by atoms with van der Waals surface area (Å²) in [6.07, 6.45) is 1.57. The maximum atomic E-state index is 11.9. The lowest BCUT2D eigenvalue weighted by molar-refractivity contribution is -0.137. The first-order valence-electron chi connectivity index (χ1n) is 7.01. The summed E-state index contributed by atoms with van der Waals surface area (Å²) < 4.78 is 5.49. The minimum Gasteiger partial charge on any atom is -0.481 e. The summed E-state index contributed by atoms with van der Waals surface area (Å²) in [5.41, 5.74) is 0. The van der Waals surface area contributed by atoms with E-state index >= 15 is 0 Å². The number of hydrogen-bond donors (Lipinski definition) is 2. The molecule has 2 N–H and O–H groups in total. The summed E-state index contributed by atoms with van der Waals surface area (Å²) in [4.78, 5) is 22.2. The Kier molecular flexibility index (Phi) is 8.06. The molecule has 0 spiro atoms. The van der Waals surface area contributed by atoms with Crippen LogP contribution in [-0.2, 0) is 9.59 Å². The molecular formula is C15H19Cl2NO4. The number of halogens is 2. The number of benzene rings is 1. The molecule has 0 saturated heterocycles. The van der Waals surface area contributed by atoms with Crippen LogP contribution in [0.5, 0.6) is 5.75 Å². The molecule has 22 heavy (non-hydrogen) atoms. The lowest BCUT2D eigenvalue weighted by atomic mass is 10.2. The minimum atomic E-state index is -0.800. The quantitative estimate of drug-likeness (QED) is 0.670. The normalized spacial score (nSPS) is 11.8. The Bertz CT molecular complexity index is 522. The van der Waals surface area contributed by atoms with Gasteiger partial charge in [0.25, 0.3) is 5.91 Å². The van der Waals surface area contributed by atoms with E-state index in [0.717, 1.165) is 12.8 Å². The summed E-state index contributed by atoms with van der Waals surface area (Å²) in [6.45, 7) is 2.12. The molecule has 1 aromatic carbocycles. The molecule has 0 bridgehead atoms. The Morgan fingerprint density at radius 1 is 1.27 bits per heavy atom. The van der Waals surface area contributed by atoms with Gasteiger partial charge in [0.15, 0.2) is 6.10 Å². The molecule has 0 aromatic heterocycles. The first kappa shape index (κ1) is 18.6. The molecule has 0 heterocycles. The van der Waals surface area contributed by atoms with Crippen molar-refractivity contribution in [3.8, 4) is 5.75 Å². The zero-order valence-electron chi connectivity index (χ0n) is 12.3. The van der Waals surface area contributed by atoms with Crippen molar-refractivity contribution in [1.82, 2.24) is 5.32 Å². The molecule has 0 aliphatic rings. The van der Waals surface area contributed by atoms with E-state index in [9.17, 15) is 9.59 Å². The summed E-state index contributed by atoms with van der Waals surface area (Å²) in [5, 5.41) is 12.1. The maximum absolute atomic E-state index is 11.9. The van der Waals surface area contributed by atoms with Crippen molar-refractivity contribution in [3.05, 3.63) is 28.2 Å². The highest BCUT2D eigenvalue weighted by Crippen LogP contribution is 2.28. The number of carboxylic acids is 1. The minimum absolute atomic E-state index is 0.155. The van der Waals surface area contributed by atoms with Gasteiger partial charge in [-0.3, -0.25) is 9.59 Å². The van der Waals surface area contributed by atoms with E-state index in [-0.39, 0.29) is 12.3 Å². The first-order chi connectivity index (χ1) is 10.4. The van der Waals surface area contributed by atoms with Gasteiger partial charge in [-0.1, -0.05) is 29.6 Å². The molecule has 1 atom stereocenters. The van der Waals surface area contributed by atoms with Gasteiger partial charge in [-0.2, -0.15) is 0 Å². The van der Waals surface area contributed by atoms with Gasteiger partial charge in [0.1, 0.15) is 5.75 Å². The number of amides is 1. The Morgan fingerprint density at radius 3 is 2.64 bits per heavy atom. The van der Waals surface area contributed by atoms with Crippen molar-refractivity contribution in [2.45, 2.75) is 38.7 Å². The number of nitrogens with one attached hydrogen (secondary N) is 1. The van der Waals surface area contributed by atoms with Crippen LogP contribution in [0.15, 0.2) is 18.2 Å². The molecule has 7 heteroatoms. The average molecular weight is 348 g/mol. The average Bonchev–Trinajstić information content (AvgIpc) is 2.45. The van der Waals surface area contributed by atoms with Crippen molar-refractivity contribution in [1.29, 1.82) is 0 Å². The molecule has 0 fully saturated rings. The van der Waals surface area contributed by atoms with E-state index in [1.165, 1.54) is 0 Å². The van der Waals surface area contributed by atoms with Gasteiger partial charge < -0.3 is 15.2 Å². The lowest BCUT2D eigenvalue weighted by Crippen LogP contribution is -2.36. The zero-order chi connectivity index (χ0) is 16.5. The van der Waals surface area contributed by atoms with E-state index in [1.807, 2.05) is 0 Å². The van der Waals surface area contributed by atoms with E-state index in [2.05, 4.69) is 5.32 Å². The highest BCUT2D eigenvalue weighted by Gasteiger charge is 2.15. The standard InChI is InChI=1S/C15H19Cl2NO4/c1-10(22-13-7-6-11(16)9-12(13)17)15(21)18-8-4-2-3-5-14(19)20/h6-7,9-10H,2-5,8H2,1H3,(H,18,21)(H,19,20). The summed E-state index contributed by atoms with van der Waals surface area (Å²) in [5.74, 6) is -0.648. The van der Waals surface area contributed by atoms with Gasteiger partial charge in [-0.25, -0.2) is 0 Å². The molecule has 0 saturated carbocycles. The van der Waals surface area contributed by atoms with Crippen molar-refractivity contribution >= 4 is 35.1 Å². The van der Waals surface area contributed by atoms with Gasteiger partial charge in [0.05, 0.1) is 5.02 Å². The Morgan fingerprint density at radius 2 is 2.00 bits per heavy atom. The highest BCUT2D eigenvalue weighted by molar-refractivity contribution is 6.35. The topological polar surface area (TPSA) is 75.6 Å². The predicted molar refractivity (Wildman–Crippen MR) is 85.7 cm³/mol. The van der Waals surface area contributed by atoms with Crippen molar-refractivity contribution in [3.63, 3.8) is 0 Å². The molecule has 1 amide bonds. The van der Waals surface area contributed by atoms with Crippen LogP contribution >= 0.6 is 23.2 Å². The maximum Gasteiger partial charge on any atom is 0.303 e. The lowest BCUT2D eigenvalue weighted by Gasteiger charge is -2.15. The van der Waals surface area contributed by atoms with E-state index in [0.29, 0.717) is 28.8 Å². The number of carbonyl (C=O) groups excluding carboxylic acids is 1. The third-order valence-electron chi connectivity index (χ3n) is 2.93. The summed E-state index contributed by atoms with van der Waals surface area (Å²) in [6, 6.07) is 4.79. The largest absolute Gasteiger partial charge is 0.481 e. The second-order valence-electron chi connectivity index (χ2n) is 4.83. The number of aliphatic carboxylic acids is 1. The number of carboxylic acid groups (broad SMARTS) is 1. The van der Waals surface area contributed by atoms with Crippen LogP contribution in [0, 0.1) is 0 Å². The molecule has 122 valence electrons. The number of carbonyl (C=O) groups is 2. The second-order valence-corrected chi connectivity index (χ2v) is 5.67. The first-order valence-corrected chi connectivity index (χ1v) is 7.77. The van der Waals surface area contributed by atoms with Gasteiger partial charge in [-0.05, 0) is 38.0 Å². The third kappa shape index (κ3) is 7.00. The van der Waals surface area contributed by atoms with Crippen LogP contribution in [0.3, 0.4) is 0 Å². The predicted octanol–water partition coefficient (Wildman–Crippen LogP) is 3.52. The van der Waals surface area contributed by atoms with Crippen LogP contribution in [0.25, 0.3) is 0 Å². The second kappa shape index (κ2) is 9.54. The van der Waals surface area contributed by atoms with Crippen LogP contribution < -0.4 is 10.1 Å². The van der Waals surface area contributed by atoms with Crippen molar-refractivity contribution < 1.29 is 19.4 Å². The number of rotatable bonds is 9. The fourth-order valence-corrected chi connectivity index (χ4v) is 2.20. The Labute approximate surface area is 139 Å². The molecule has 0 aliphatic carbocycles. The smallest absolute Gasteiger partial charge is 0.303 e. The molecule has 1 rings (SSSR count). The molecule has 0 radical (unpaired) electrons. The molecule has 1 aromatic rings. The molecule has 1 unspecified atom stereocenters. The summed E-state index contributed by atoms with van der Waals surface area (Å²) in [7, 11) is 0. The zero-order valence-corrected chi connectivity index (χ0v) is 13.8. The number of unbranched alkanes of at least 4 members (excludes halogenated alkanes) is 2. The van der Waals surface area contributed by atoms with Gasteiger partial charge in [-0.15, -0.1) is 0 Å². The van der Waals surface area contributed by atoms with Crippen LogP contribution in [0.1, 0.15) is 32.6 Å². The SMILES string of the molecule is CC(Oc1ccc(Cl)cc1Cl)C(=O)NCCCCCC(=O)O. The fourth-order valence-electron chi connectivity index (χ4n) is 1.75. The summed E-state index contributed by atoms with van der Waals surface area (Å²) >= 11 is 11.8. The molecular weight excluding hydrogens is 329 g/mol. The van der Waals surface area contributed by atoms with Crippen molar-refractivity contribution in [2.24, 2.45) is 0 Å².